The molecule has 0 saturated carbocycles. The first-order valence-electron chi connectivity index (χ1n) is 6.77. The van der Waals surface area contributed by atoms with Crippen molar-refractivity contribution < 1.29 is 9.21 Å². The van der Waals surface area contributed by atoms with Crippen LogP contribution in [0, 0.1) is 5.92 Å². The molecule has 4 nitrogen and oxygen atoms in total. The summed E-state index contributed by atoms with van der Waals surface area (Å²) in [6.07, 6.45) is 10.0. The lowest BCUT2D eigenvalue weighted by molar-refractivity contribution is -0.116. The van der Waals surface area contributed by atoms with E-state index in [2.05, 4.69) is 22.5 Å². The zero-order valence-corrected chi connectivity index (χ0v) is 11.1. The lowest BCUT2D eigenvalue weighted by Crippen LogP contribution is -2.14. The Morgan fingerprint density at radius 2 is 2.40 bits per heavy atom. The fourth-order valence-electron chi connectivity index (χ4n) is 2.42. The minimum absolute atomic E-state index is 0.0521. The quantitative estimate of drug-likeness (QED) is 0.861. The molecule has 3 rings (SSSR count). The molecule has 1 aliphatic carbocycles. The first kappa shape index (κ1) is 12.7. The van der Waals surface area contributed by atoms with Gasteiger partial charge in [-0.25, -0.2) is 4.98 Å². The molecule has 0 spiro atoms. The van der Waals surface area contributed by atoms with Gasteiger partial charge in [-0.2, -0.15) is 0 Å². The van der Waals surface area contributed by atoms with E-state index in [1.165, 1.54) is 6.39 Å². The molecule has 1 aliphatic rings. The summed E-state index contributed by atoms with van der Waals surface area (Å²) in [6, 6.07) is 7.59. The van der Waals surface area contributed by atoms with Gasteiger partial charge >= 0.3 is 0 Å². The molecule has 1 unspecified atom stereocenters. The topological polar surface area (TPSA) is 55.1 Å². The van der Waals surface area contributed by atoms with Gasteiger partial charge in [-0.3, -0.25) is 4.79 Å². The molecule has 0 fully saturated rings. The van der Waals surface area contributed by atoms with Crippen LogP contribution in [0.2, 0.25) is 0 Å². The molecule has 1 atom stereocenters. The van der Waals surface area contributed by atoms with E-state index in [9.17, 15) is 4.79 Å². The largest absolute Gasteiger partial charge is 0.444 e. The normalized spacial score (nSPS) is 17.3. The van der Waals surface area contributed by atoms with Gasteiger partial charge in [-0.1, -0.05) is 24.3 Å². The Hall–Kier alpha value is -2.36. The second-order valence-corrected chi connectivity index (χ2v) is 4.96. The summed E-state index contributed by atoms with van der Waals surface area (Å²) in [5.74, 6) is 1.13. The number of anilines is 1. The van der Waals surface area contributed by atoms with E-state index in [0.717, 1.165) is 24.1 Å². The summed E-state index contributed by atoms with van der Waals surface area (Å²) in [5.41, 5.74) is 1.69. The van der Waals surface area contributed by atoms with E-state index in [1.54, 1.807) is 6.20 Å². The summed E-state index contributed by atoms with van der Waals surface area (Å²) in [7, 11) is 0. The van der Waals surface area contributed by atoms with E-state index in [0.29, 0.717) is 18.1 Å². The third kappa shape index (κ3) is 2.96. The number of allylic oxidation sites excluding steroid dienone is 2. The van der Waals surface area contributed by atoms with Crippen LogP contribution in [0.15, 0.2) is 53.4 Å². The average molecular weight is 268 g/mol. The molecule has 1 heterocycles. The Bertz CT molecular complexity index is 617. The van der Waals surface area contributed by atoms with Crippen molar-refractivity contribution >= 4 is 11.6 Å². The van der Waals surface area contributed by atoms with Crippen LogP contribution >= 0.6 is 0 Å². The van der Waals surface area contributed by atoms with Gasteiger partial charge in [0.15, 0.2) is 12.2 Å². The predicted octanol–water partition coefficient (Wildman–Crippen LogP) is 3.64. The van der Waals surface area contributed by atoms with Crippen LogP contribution in [-0.4, -0.2) is 10.9 Å². The van der Waals surface area contributed by atoms with Crippen LogP contribution in [0.1, 0.15) is 19.3 Å². The zero-order valence-electron chi connectivity index (χ0n) is 11.1. The molecular formula is C16H16N2O2. The van der Waals surface area contributed by atoms with Crippen LogP contribution in [0.25, 0.3) is 11.3 Å². The van der Waals surface area contributed by atoms with Gasteiger partial charge in [0.25, 0.3) is 0 Å². The van der Waals surface area contributed by atoms with Crippen LogP contribution in [-0.2, 0) is 4.79 Å². The van der Waals surface area contributed by atoms with E-state index < -0.39 is 0 Å². The van der Waals surface area contributed by atoms with Gasteiger partial charge in [-0.15, -0.1) is 0 Å². The third-order valence-electron chi connectivity index (χ3n) is 3.42. The van der Waals surface area contributed by atoms with Crippen LogP contribution in [0.3, 0.4) is 0 Å². The first-order valence-corrected chi connectivity index (χ1v) is 6.77. The fourth-order valence-corrected chi connectivity index (χ4v) is 2.42. The van der Waals surface area contributed by atoms with Crippen molar-refractivity contribution in [3.05, 3.63) is 49.0 Å². The third-order valence-corrected chi connectivity index (χ3v) is 3.42. The van der Waals surface area contributed by atoms with Crippen molar-refractivity contribution in [3.8, 4) is 11.3 Å². The number of carbonyl (C=O) groups excluding carboxylic acids is 1. The van der Waals surface area contributed by atoms with Gasteiger partial charge in [0.2, 0.25) is 5.91 Å². The maximum atomic E-state index is 12.0. The molecule has 2 aromatic rings. The van der Waals surface area contributed by atoms with Crippen molar-refractivity contribution in [3.63, 3.8) is 0 Å². The molecular weight excluding hydrogens is 252 g/mol. The SMILES string of the molecule is O=C(CC1C=CCC1)Nc1cccc(-c2cnco2)c1. The Morgan fingerprint density at radius 1 is 1.45 bits per heavy atom. The molecule has 0 saturated heterocycles. The summed E-state index contributed by atoms with van der Waals surface area (Å²) in [6.45, 7) is 0. The van der Waals surface area contributed by atoms with Crippen molar-refractivity contribution in [2.24, 2.45) is 5.92 Å². The Balaban J connectivity index is 1.66. The van der Waals surface area contributed by atoms with E-state index >= 15 is 0 Å². The van der Waals surface area contributed by atoms with Crippen LogP contribution in [0.4, 0.5) is 5.69 Å². The molecule has 0 radical (unpaired) electrons. The summed E-state index contributed by atoms with van der Waals surface area (Å²) in [5, 5.41) is 2.94. The standard InChI is InChI=1S/C16H16N2O2/c19-16(8-12-4-1-2-5-12)18-14-7-3-6-13(9-14)15-10-17-11-20-15/h1,3-4,6-7,9-12H,2,5,8H2,(H,18,19). The maximum absolute atomic E-state index is 12.0. The number of aromatic nitrogens is 1. The van der Waals surface area contributed by atoms with Gasteiger partial charge in [0.05, 0.1) is 6.20 Å². The molecule has 0 aliphatic heterocycles. The van der Waals surface area contributed by atoms with E-state index in [1.807, 2.05) is 24.3 Å². The molecule has 20 heavy (non-hydrogen) atoms. The van der Waals surface area contributed by atoms with Gasteiger partial charge in [0, 0.05) is 17.7 Å². The number of nitrogens with one attached hydrogen (secondary N) is 1. The van der Waals surface area contributed by atoms with Crippen molar-refractivity contribution in [2.75, 3.05) is 5.32 Å². The highest BCUT2D eigenvalue weighted by atomic mass is 16.3. The molecule has 1 N–H and O–H groups in total. The van der Waals surface area contributed by atoms with Crippen LogP contribution in [0.5, 0.6) is 0 Å². The second kappa shape index (κ2) is 5.74. The van der Waals surface area contributed by atoms with Crippen LogP contribution < -0.4 is 5.32 Å². The number of hydrogen-bond donors (Lipinski definition) is 1. The second-order valence-electron chi connectivity index (χ2n) is 4.96. The number of nitrogens with zero attached hydrogens (tertiary/aromatic N) is 1. The number of hydrogen-bond acceptors (Lipinski definition) is 3. The smallest absolute Gasteiger partial charge is 0.224 e. The number of amides is 1. The highest BCUT2D eigenvalue weighted by Crippen LogP contribution is 2.24. The van der Waals surface area contributed by atoms with E-state index in [4.69, 9.17) is 4.42 Å². The molecule has 102 valence electrons. The van der Waals surface area contributed by atoms with Crippen molar-refractivity contribution in [1.29, 1.82) is 0 Å². The average Bonchev–Trinajstić information content (AvgIpc) is 3.11. The number of rotatable bonds is 4. The molecule has 1 aromatic carbocycles. The lowest BCUT2D eigenvalue weighted by atomic mass is 10.0. The van der Waals surface area contributed by atoms with Gasteiger partial charge < -0.3 is 9.73 Å². The molecule has 0 bridgehead atoms. The Morgan fingerprint density at radius 3 is 3.15 bits per heavy atom. The molecule has 1 aromatic heterocycles. The molecule has 1 amide bonds. The fraction of sp³-hybridized carbons (Fsp3) is 0.250. The summed E-state index contributed by atoms with van der Waals surface area (Å²) in [4.78, 5) is 15.9. The Kier molecular flexibility index (Phi) is 3.63. The molecule has 4 heteroatoms. The van der Waals surface area contributed by atoms with Gasteiger partial charge in [0.1, 0.15) is 0 Å². The van der Waals surface area contributed by atoms with E-state index in [-0.39, 0.29) is 5.91 Å². The lowest BCUT2D eigenvalue weighted by Gasteiger charge is -2.09. The number of oxazole rings is 1. The maximum Gasteiger partial charge on any atom is 0.224 e. The number of carbonyl (C=O) groups is 1. The van der Waals surface area contributed by atoms with Crippen molar-refractivity contribution in [1.82, 2.24) is 4.98 Å². The monoisotopic (exact) mass is 268 g/mol. The minimum Gasteiger partial charge on any atom is -0.444 e. The predicted molar refractivity (Wildman–Crippen MR) is 77.0 cm³/mol. The highest BCUT2D eigenvalue weighted by Gasteiger charge is 2.14. The summed E-state index contributed by atoms with van der Waals surface area (Å²) >= 11 is 0. The number of benzene rings is 1. The Labute approximate surface area is 117 Å². The first-order chi connectivity index (χ1) is 9.81. The minimum atomic E-state index is 0.0521. The van der Waals surface area contributed by atoms with Gasteiger partial charge in [-0.05, 0) is 30.9 Å². The van der Waals surface area contributed by atoms with Crippen molar-refractivity contribution in [2.45, 2.75) is 19.3 Å². The summed E-state index contributed by atoms with van der Waals surface area (Å²) < 4.78 is 5.25. The highest BCUT2D eigenvalue weighted by molar-refractivity contribution is 5.91. The zero-order chi connectivity index (χ0) is 13.8.